The minimum atomic E-state index is 0.698. The van der Waals surface area contributed by atoms with E-state index in [1.165, 1.54) is 11.7 Å². The average Bonchev–Trinajstić information content (AvgIpc) is 2.99. The van der Waals surface area contributed by atoms with E-state index in [-0.39, 0.29) is 0 Å². The van der Waals surface area contributed by atoms with Gasteiger partial charge in [0.05, 0.1) is 17.8 Å². The first-order valence-corrected chi connectivity index (χ1v) is 7.33. The third-order valence-electron chi connectivity index (χ3n) is 3.40. The zero-order valence-electron chi connectivity index (χ0n) is 11.8. The molecule has 0 saturated heterocycles. The monoisotopic (exact) mass is 291 g/mol. The van der Waals surface area contributed by atoms with E-state index < -0.39 is 0 Å². The number of hydrogen-bond donors (Lipinski definition) is 0. The van der Waals surface area contributed by atoms with Gasteiger partial charge in [-0.25, -0.2) is 0 Å². The van der Waals surface area contributed by atoms with Gasteiger partial charge in [0.25, 0.3) is 0 Å². The van der Waals surface area contributed by atoms with Crippen LogP contribution in [0.1, 0.15) is 18.1 Å². The molecule has 0 unspecified atom stereocenters. The lowest BCUT2D eigenvalue weighted by Crippen LogP contribution is -1.84. The van der Waals surface area contributed by atoms with Crippen molar-refractivity contribution in [3.05, 3.63) is 53.1 Å². The van der Waals surface area contributed by atoms with Crippen LogP contribution >= 0.6 is 11.7 Å². The van der Waals surface area contributed by atoms with Gasteiger partial charge in [-0.05, 0) is 36.6 Å². The van der Waals surface area contributed by atoms with Gasteiger partial charge in [0, 0.05) is 11.1 Å². The van der Waals surface area contributed by atoms with Gasteiger partial charge in [-0.2, -0.15) is 14.0 Å². The minimum absolute atomic E-state index is 0.698. The third-order valence-corrected chi connectivity index (χ3v) is 3.93. The Kier molecular flexibility index (Phi) is 3.51. The van der Waals surface area contributed by atoms with E-state index in [0.29, 0.717) is 5.57 Å². The molecular formula is C17H13N3S. The number of benzene rings is 2. The van der Waals surface area contributed by atoms with Crippen molar-refractivity contribution in [3.8, 4) is 17.2 Å². The van der Waals surface area contributed by atoms with E-state index in [0.717, 1.165) is 33.3 Å². The van der Waals surface area contributed by atoms with Crippen LogP contribution in [0.4, 0.5) is 0 Å². The van der Waals surface area contributed by atoms with Crippen molar-refractivity contribution in [2.45, 2.75) is 13.8 Å². The first-order chi connectivity index (χ1) is 10.2. The molecule has 4 heteroatoms. The van der Waals surface area contributed by atoms with Gasteiger partial charge in [0.2, 0.25) is 0 Å². The summed E-state index contributed by atoms with van der Waals surface area (Å²) < 4.78 is 8.77. The molecule has 3 aromatic rings. The summed E-state index contributed by atoms with van der Waals surface area (Å²) in [6.07, 6.45) is 1.87. The summed E-state index contributed by atoms with van der Waals surface area (Å²) in [6, 6.07) is 14.4. The van der Waals surface area contributed by atoms with Crippen LogP contribution in [0.15, 0.2) is 42.0 Å². The van der Waals surface area contributed by atoms with Crippen molar-refractivity contribution >= 4 is 28.8 Å². The largest absolute Gasteiger partial charge is 0.193 e. The molecule has 102 valence electrons. The highest BCUT2D eigenvalue weighted by Crippen LogP contribution is 2.29. The quantitative estimate of drug-likeness (QED) is 0.649. The second-order valence-corrected chi connectivity index (χ2v) is 5.48. The van der Waals surface area contributed by atoms with Crippen LogP contribution in [-0.2, 0) is 0 Å². The third kappa shape index (κ3) is 2.56. The number of nitrogens with zero attached hydrogens (tertiary/aromatic N) is 3. The van der Waals surface area contributed by atoms with Crippen LogP contribution < -0.4 is 0 Å². The Labute approximate surface area is 127 Å². The lowest BCUT2D eigenvalue weighted by molar-refractivity contribution is 1.45. The first-order valence-electron chi connectivity index (χ1n) is 6.60. The summed E-state index contributed by atoms with van der Waals surface area (Å²) in [6.45, 7) is 3.85. The van der Waals surface area contributed by atoms with Gasteiger partial charge < -0.3 is 0 Å². The molecule has 0 amide bonds. The Balaban J connectivity index is 2.06. The molecule has 0 aliphatic rings. The summed E-state index contributed by atoms with van der Waals surface area (Å²) in [5, 5.41) is 8.82. The van der Waals surface area contributed by atoms with E-state index in [9.17, 15) is 0 Å². The molecule has 1 heterocycles. The summed E-state index contributed by atoms with van der Waals surface area (Å²) in [5.41, 5.74) is 7.00. The van der Waals surface area contributed by atoms with Crippen LogP contribution in [0.2, 0.25) is 0 Å². The SMILES string of the molecule is C/C(C#N)=C/c1ccc(-c2ccc(C)c3nsnc23)cc1. The van der Waals surface area contributed by atoms with Crippen molar-refractivity contribution < 1.29 is 0 Å². The molecule has 0 spiro atoms. The minimum Gasteiger partial charge on any atom is -0.193 e. The standard InChI is InChI=1S/C17H13N3S/c1-11(10-18)9-13-4-6-14(7-5-13)15-8-3-12(2)16-17(15)20-21-19-16/h3-9H,1-2H3/b11-9-. The number of hydrogen-bond acceptors (Lipinski definition) is 4. The van der Waals surface area contributed by atoms with Crippen molar-refractivity contribution in [2.75, 3.05) is 0 Å². The van der Waals surface area contributed by atoms with E-state index in [1.54, 1.807) is 6.92 Å². The molecule has 0 aliphatic heterocycles. The zero-order valence-corrected chi connectivity index (χ0v) is 12.6. The molecule has 0 atom stereocenters. The molecule has 0 aliphatic carbocycles. The van der Waals surface area contributed by atoms with Gasteiger partial charge in [-0.3, -0.25) is 0 Å². The van der Waals surface area contributed by atoms with Crippen molar-refractivity contribution in [2.24, 2.45) is 0 Å². The maximum Gasteiger partial charge on any atom is 0.112 e. The molecule has 0 saturated carbocycles. The highest BCUT2D eigenvalue weighted by Gasteiger charge is 2.09. The number of aryl methyl sites for hydroxylation is 1. The molecule has 0 bridgehead atoms. The van der Waals surface area contributed by atoms with Gasteiger partial charge >= 0.3 is 0 Å². The van der Waals surface area contributed by atoms with Crippen LogP contribution in [-0.4, -0.2) is 8.75 Å². The van der Waals surface area contributed by atoms with Crippen LogP contribution in [0.5, 0.6) is 0 Å². The van der Waals surface area contributed by atoms with E-state index in [1.807, 2.05) is 25.1 Å². The predicted molar refractivity (Wildman–Crippen MR) is 86.9 cm³/mol. The first kappa shape index (κ1) is 13.5. The molecular weight excluding hydrogens is 278 g/mol. The molecule has 0 fully saturated rings. The second-order valence-electron chi connectivity index (χ2n) is 4.95. The Morgan fingerprint density at radius 1 is 1.10 bits per heavy atom. The summed E-state index contributed by atoms with van der Waals surface area (Å²) in [5.74, 6) is 0. The molecule has 2 aromatic carbocycles. The molecule has 3 nitrogen and oxygen atoms in total. The van der Waals surface area contributed by atoms with E-state index >= 15 is 0 Å². The normalized spacial score (nSPS) is 11.6. The fraction of sp³-hybridized carbons (Fsp3) is 0.118. The lowest BCUT2D eigenvalue weighted by Gasteiger charge is -2.04. The maximum atomic E-state index is 8.82. The molecule has 1 aromatic heterocycles. The topological polar surface area (TPSA) is 49.6 Å². The summed E-state index contributed by atoms with van der Waals surface area (Å²) >= 11 is 1.24. The number of fused-ring (bicyclic) bond motifs is 1. The van der Waals surface area contributed by atoms with Gasteiger partial charge in [-0.15, -0.1) is 0 Å². The second kappa shape index (κ2) is 5.47. The highest BCUT2D eigenvalue weighted by molar-refractivity contribution is 7.00. The molecule has 21 heavy (non-hydrogen) atoms. The molecule has 0 radical (unpaired) electrons. The van der Waals surface area contributed by atoms with Crippen molar-refractivity contribution in [3.63, 3.8) is 0 Å². The number of allylic oxidation sites excluding steroid dienone is 1. The van der Waals surface area contributed by atoms with Crippen LogP contribution in [0, 0.1) is 18.3 Å². The van der Waals surface area contributed by atoms with Crippen molar-refractivity contribution in [1.29, 1.82) is 5.26 Å². The fourth-order valence-corrected chi connectivity index (χ4v) is 2.88. The summed E-state index contributed by atoms with van der Waals surface area (Å²) in [7, 11) is 0. The van der Waals surface area contributed by atoms with Gasteiger partial charge in [0.1, 0.15) is 11.0 Å². The smallest absolute Gasteiger partial charge is 0.112 e. The van der Waals surface area contributed by atoms with E-state index in [2.05, 4.69) is 39.1 Å². The van der Waals surface area contributed by atoms with Crippen LogP contribution in [0.3, 0.4) is 0 Å². The molecule has 3 rings (SSSR count). The number of nitriles is 1. The average molecular weight is 291 g/mol. The Bertz CT molecular complexity index is 867. The highest BCUT2D eigenvalue weighted by atomic mass is 32.1. The van der Waals surface area contributed by atoms with E-state index in [4.69, 9.17) is 5.26 Å². The Morgan fingerprint density at radius 2 is 1.81 bits per heavy atom. The Hall–Kier alpha value is -2.51. The number of aromatic nitrogens is 2. The zero-order chi connectivity index (χ0) is 14.8. The van der Waals surface area contributed by atoms with Crippen LogP contribution in [0.25, 0.3) is 28.2 Å². The summed E-state index contributed by atoms with van der Waals surface area (Å²) in [4.78, 5) is 0. The number of rotatable bonds is 2. The van der Waals surface area contributed by atoms with Crippen molar-refractivity contribution in [1.82, 2.24) is 8.75 Å². The maximum absolute atomic E-state index is 8.82. The van der Waals surface area contributed by atoms with Gasteiger partial charge in [-0.1, -0.05) is 36.4 Å². The molecule has 0 N–H and O–H groups in total. The fourth-order valence-electron chi connectivity index (χ4n) is 2.26. The predicted octanol–water partition coefficient (Wildman–Crippen LogP) is 4.59. The Morgan fingerprint density at radius 3 is 2.52 bits per heavy atom. The van der Waals surface area contributed by atoms with Gasteiger partial charge in [0.15, 0.2) is 0 Å². The lowest BCUT2D eigenvalue weighted by atomic mass is 10.0.